The molecule has 0 saturated carbocycles. The maximum atomic E-state index is 4.74. The molecule has 2 aliphatic rings. The molecule has 1 aromatic rings. The van der Waals surface area contributed by atoms with Crippen LogP contribution in [-0.2, 0) is 6.42 Å². The first-order chi connectivity index (χ1) is 13.6. The quantitative estimate of drug-likeness (QED) is 0.339. The molecule has 0 radical (unpaired) electrons. The zero-order valence-corrected chi connectivity index (χ0v) is 19.1. The van der Waals surface area contributed by atoms with Gasteiger partial charge in [-0.3, -0.25) is 0 Å². The van der Waals surface area contributed by atoms with Gasteiger partial charge in [0.05, 0.1) is 4.21 Å². The molecule has 1 heterocycles. The standard InChI is InChI=1S/C26H32S2/c1-4-5-6-9-15-21-18-24(27)28-26(21)25(23-17-12-11-14-20(23)3)22-16-10-7-8-13-19(22)2/h7,10-14,16-18,20,27H,4-6,8-9,15H2,1-3H3/b25-23+. The van der Waals surface area contributed by atoms with Crippen LogP contribution in [0.5, 0.6) is 0 Å². The maximum absolute atomic E-state index is 4.74. The minimum atomic E-state index is 0.416. The van der Waals surface area contributed by atoms with E-state index in [1.165, 1.54) is 58.4 Å². The van der Waals surface area contributed by atoms with Crippen molar-refractivity contribution in [3.63, 3.8) is 0 Å². The van der Waals surface area contributed by atoms with Gasteiger partial charge in [-0.1, -0.05) is 81.7 Å². The van der Waals surface area contributed by atoms with Gasteiger partial charge in [0.2, 0.25) is 0 Å². The summed E-state index contributed by atoms with van der Waals surface area (Å²) in [6.07, 6.45) is 25.4. The van der Waals surface area contributed by atoms with E-state index in [-0.39, 0.29) is 0 Å². The lowest BCUT2D eigenvalue weighted by Gasteiger charge is -2.22. The Morgan fingerprint density at radius 3 is 2.82 bits per heavy atom. The second-order valence-corrected chi connectivity index (χ2v) is 9.58. The van der Waals surface area contributed by atoms with Crippen molar-refractivity contribution < 1.29 is 0 Å². The van der Waals surface area contributed by atoms with Gasteiger partial charge in [0.25, 0.3) is 0 Å². The molecule has 2 heteroatoms. The van der Waals surface area contributed by atoms with E-state index < -0.39 is 0 Å². The summed E-state index contributed by atoms with van der Waals surface area (Å²) in [4.78, 5) is 1.41. The van der Waals surface area contributed by atoms with Crippen LogP contribution in [0.25, 0.3) is 5.57 Å². The Morgan fingerprint density at radius 2 is 2.04 bits per heavy atom. The lowest BCUT2D eigenvalue weighted by Crippen LogP contribution is -2.04. The molecule has 148 valence electrons. The van der Waals surface area contributed by atoms with Crippen LogP contribution in [0.2, 0.25) is 0 Å². The minimum Gasteiger partial charge on any atom is -0.133 e. The zero-order valence-electron chi connectivity index (χ0n) is 17.4. The van der Waals surface area contributed by atoms with Gasteiger partial charge in [-0.2, -0.15) is 0 Å². The second-order valence-electron chi connectivity index (χ2n) is 7.74. The number of hydrogen-bond donors (Lipinski definition) is 1. The van der Waals surface area contributed by atoms with Crippen molar-refractivity contribution in [1.82, 2.24) is 0 Å². The van der Waals surface area contributed by atoms with Crippen LogP contribution in [0, 0.1) is 5.92 Å². The molecular formula is C26H32S2. The fourth-order valence-electron chi connectivity index (χ4n) is 3.93. The van der Waals surface area contributed by atoms with E-state index in [2.05, 4.69) is 75.4 Å². The topological polar surface area (TPSA) is 0 Å². The lowest BCUT2D eigenvalue weighted by atomic mass is 9.84. The Bertz CT molecular complexity index is 868. The molecule has 0 amide bonds. The summed E-state index contributed by atoms with van der Waals surface area (Å²) in [5.74, 6) is 0.416. The Morgan fingerprint density at radius 1 is 1.18 bits per heavy atom. The van der Waals surface area contributed by atoms with Crippen molar-refractivity contribution in [2.75, 3.05) is 0 Å². The van der Waals surface area contributed by atoms with Gasteiger partial charge < -0.3 is 0 Å². The SMILES string of the molecule is CCCCCCc1cc(S)sc1/C(C1=CC=CCC=C1C)=C1\C=CC=CC1C. The highest BCUT2D eigenvalue weighted by molar-refractivity contribution is 7.82. The number of thiol groups is 1. The van der Waals surface area contributed by atoms with Crippen LogP contribution in [0.15, 0.2) is 75.6 Å². The van der Waals surface area contributed by atoms with Gasteiger partial charge in [0.15, 0.2) is 0 Å². The molecule has 1 aromatic heterocycles. The minimum absolute atomic E-state index is 0.416. The average Bonchev–Trinajstić information content (AvgIpc) is 2.91. The number of aryl methyl sites for hydroxylation is 1. The first-order valence-electron chi connectivity index (χ1n) is 10.6. The van der Waals surface area contributed by atoms with Gasteiger partial charge in [-0.15, -0.1) is 24.0 Å². The number of rotatable bonds is 7. The zero-order chi connectivity index (χ0) is 19.9. The number of hydrogen-bond acceptors (Lipinski definition) is 2. The summed E-state index contributed by atoms with van der Waals surface area (Å²) < 4.78 is 1.12. The fourth-order valence-corrected chi connectivity index (χ4v) is 5.39. The van der Waals surface area contributed by atoms with E-state index in [1.807, 2.05) is 11.3 Å². The summed E-state index contributed by atoms with van der Waals surface area (Å²) in [6, 6.07) is 2.30. The van der Waals surface area contributed by atoms with Crippen LogP contribution < -0.4 is 0 Å². The van der Waals surface area contributed by atoms with E-state index >= 15 is 0 Å². The third-order valence-corrected chi connectivity index (χ3v) is 6.94. The van der Waals surface area contributed by atoms with Gasteiger partial charge in [-0.25, -0.2) is 0 Å². The summed E-state index contributed by atoms with van der Waals surface area (Å²) in [6.45, 7) is 6.83. The number of unbranched alkanes of at least 4 members (excludes halogenated alkanes) is 3. The van der Waals surface area contributed by atoms with E-state index in [1.54, 1.807) is 0 Å². The first kappa shape index (κ1) is 21.2. The van der Waals surface area contributed by atoms with Crippen molar-refractivity contribution in [2.45, 2.75) is 63.5 Å². The highest BCUT2D eigenvalue weighted by Gasteiger charge is 2.22. The molecule has 0 N–H and O–H groups in total. The molecule has 2 aliphatic carbocycles. The third kappa shape index (κ3) is 5.10. The molecule has 0 aromatic carbocycles. The van der Waals surface area contributed by atoms with Crippen LogP contribution >= 0.6 is 24.0 Å². The molecular weight excluding hydrogens is 376 g/mol. The Labute approximate surface area is 180 Å². The van der Waals surface area contributed by atoms with Crippen LogP contribution in [0.1, 0.15) is 63.3 Å². The lowest BCUT2D eigenvalue weighted by molar-refractivity contribution is 0.667. The predicted molar refractivity (Wildman–Crippen MR) is 129 cm³/mol. The third-order valence-electron chi connectivity index (χ3n) is 5.54. The Kier molecular flexibility index (Phi) is 7.82. The molecule has 1 unspecified atom stereocenters. The molecule has 0 nitrogen and oxygen atoms in total. The maximum Gasteiger partial charge on any atom is 0.0577 e. The van der Waals surface area contributed by atoms with Crippen LogP contribution in [0.4, 0.5) is 0 Å². The highest BCUT2D eigenvalue weighted by Crippen LogP contribution is 2.43. The summed E-state index contributed by atoms with van der Waals surface area (Å²) in [7, 11) is 0. The Balaban J connectivity index is 2.10. The normalized spacial score (nSPS) is 20.8. The predicted octanol–water partition coefficient (Wildman–Crippen LogP) is 8.51. The number of thiophene rings is 1. The highest BCUT2D eigenvalue weighted by atomic mass is 32.2. The molecule has 1 atom stereocenters. The first-order valence-corrected chi connectivity index (χ1v) is 11.8. The summed E-state index contributed by atoms with van der Waals surface area (Å²) in [5.41, 5.74) is 7.02. The molecule has 0 aliphatic heterocycles. The molecule has 3 rings (SSSR count). The molecule has 0 spiro atoms. The van der Waals surface area contributed by atoms with Gasteiger partial charge >= 0.3 is 0 Å². The van der Waals surface area contributed by atoms with Gasteiger partial charge in [-0.05, 0) is 60.5 Å². The van der Waals surface area contributed by atoms with Crippen molar-refractivity contribution in [3.8, 4) is 0 Å². The van der Waals surface area contributed by atoms with Crippen molar-refractivity contribution in [2.24, 2.45) is 5.92 Å². The van der Waals surface area contributed by atoms with Crippen molar-refractivity contribution in [1.29, 1.82) is 0 Å². The van der Waals surface area contributed by atoms with E-state index in [9.17, 15) is 0 Å². The monoisotopic (exact) mass is 408 g/mol. The van der Waals surface area contributed by atoms with E-state index in [0.29, 0.717) is 5.92 Å². The van der Waals surface area contributed by atoms with Crippen LogP contribution in [0.3, 0.4) is 0 Å². The van der Waals surface area contributed by atoms with Crippen LogP contribution in [-0.4, -0.2) is 0 Å². The fraction of sp³-hybridized carbons (Fsp3) is 0.385. The Hall–Kier alpha value is -1.51. The van der Waals surface area contributed by atoms with E-state index in [4.69, 9.17) is 12.6 Å². The van der Waals surface area contributed by atoms with E-state index in [0.717, 1.165) is 17.1 Å². The summed E-state index contributed by atoms with van der Waals surface area (Å²) >= 11 is 6.58. The smallest absolute Gasteiger partial charge is 0.0577 e. The molecule has 28 heavy (non-hydrogen) atoms. The van der Waals surface area contributed by atoms with Crippen molar-refractivity contribution in [3.05, 3.63) is 81.8 Å². The molecule has 0 bridgehead atoms. The number of allylic oxidation sites excluding steroid dienone is 12. The molecule has 0 saturated heterocycles. The van der Waals surface area contributed by atoms with Crippen molar-refractivity contribution >= 4 is 29.5 Å². The summed E-state index contributed by atoms with van der Waals surface area (Å²) in [5, 5.41) is 0. The second kappa shape index (κ2) is 10.3. The largest absolute Gasteiger partial charge is 0.133 e. The molecule has 0 fully saturated rings. The van der Waals surface area contributed by atoms with Gasteiger partial charge in [0.1, 0.15) is 0 Å². The average molecular weight is 409 g/mol. The van der Waals surface area contributed by atoms with Gasteiger partial charge in [0, 0.05) is 10.5 Å².